The van der Waals surface area contributed by atoms with Gasteiger partial charge in [-0.25, -0.2) is 9.36 Å². The van der Waals surface area contributed by atoms with E-state index < -0.39 is 34.5 Å². The minimum atomic E-state index is -0.925. The maximum absolute atomic E-state index is 13.1. The van der Waals surface area contributed by atoms with Crippen molar-refractivity contribution >= 4 is 60.7 Å². The number of aromatic hydroxyl groups is 1. The molecule has 4 aromatic rings. The molecule has 35 heavy (non-hydrogen) atoms. The lowest BCUT2D eigenvalue weighted by atomic mass is 9.95. The molecule has 0 saturated carbocycles. The van der Waals surface area contributed by atoms with Crippen LogP contribution in [0.25, 0.3) is 16.5 Å². The maximum Gasteiger partial charge on any atom is 0.335 e. The van der Waals surface area contributed by atoms with Crippen molar-refractivity contribution in [2.45, 2.75) is 6.92 Å². The largest absolute Gasteiger partial charge is 0.493 e. The molecule has 11 heteroatoms. The van der Waals surface area contributed by atoms with Crippen LogP contribution in [-0.4, -0.2) is 37.7 Å². The molecule has 0 bridgehead atoms. The van der Waals surface area contributed by atoms with Crippen LogP contribution in [0.5, 0.6) is 5.88 Å². The number of carbonyl (C=O) groups excluding carboxylic acids is 2. The minimum absolute atomic E-state index is 0.268. The second kappa shape index (κ2) is 8.43. The summed E-state index contributed by atoms with van der Waals surface area (Å²) in [6.07, 6.45) is 0.887. The van der Waals surface area contributed by atoms with Crippen LogP contribution in [0, 0.1) is 6.92 Å². The first-order chi connectivity index (χ1) is 16.7. The smallest absolute Gasteiger partial charge is 0.335 e. The van der Waals surface area contributed by atoms with Gasteiger partial charge < -0.3 is 5.11 Å². The summed E-state index contributed by atoms with van der Waals surface area (Å²) in [5, 5.41) is 16.6. The average molecular weight is 598 g/mol. The first kappa shape index (κ1) is 22.9. The predicted octanol–water partition coefficient (Wildman–Crippen LogP) is 3.85. The summed E-state index contributed by atoms with van der Waals surface area (Å²) in [4.78, 5) is 53.3. The van der Waals surface area contributed by atoms with E-state index >= 15 is 0 Å². The molecule has 0 spiro atoms. The predicted molar refractivity (Wildman–Crippen MR) is 137 cm³/mol. The maximum atomic E-state index is 13.1. The number of amides is 2. The highest BCUT2D eigenvalue weighted by Gasteiger charge is 2.33. The van der Waals surface area contributed by atoms with Crippen molar-refractivity contribution in [3.8, 4) is 11.6 Å². The zero-order chi connectivity index (χ0) is 25.0. The Hall–Kier alpha value is -3.83. The zero-order valence-corrected chi connectivity index (χ0v) is 21.0. The van der Waals surface area contributed by atoms with Gasteiger partial charge in [0.1, 0.15) is 5.56 Å². The number of H-pyrrole nitrogens is 1. The molecule has 1 aliphatic heterocycles. The second-order valence-corrected chi connectivity index (χ2v) is 9.52. The fourth-order valence-corrected chi connectivity index (χ4v) is 4.95. The molecular formula is C24H14Br2N4O5. The van der Waals surface area contributed by atoms with Crippen LogP contribution in [0.1, 0.15) is 31.8 Å². The Kier molecular flexibility index (Phi) is 5.53. The van der Waals surface area contributed by atoms with Gasteiger partial charge >= 0.3 is 5.69 Å². The Morgan fingerprint density at radius 1 is 0.971 bits per heavy atom. The molecule has 0 aliphatic carbocycles. The number of carbonyl (C=O) groups is 2. The number of benzene rings is 3. The molecule has 1 aliphatic rings. The van der Waals surface area contributed by atoms with Crippen molar-refractivity contribution in [1.29, 1.82) is 0 Å². The molecule has 9 nitrogen and oxygen atoms in total. The number of aromatic nitrogens is 2. The van der Waals surface area contributed by atoms with Crippen molar-refractivity contribution in [2.24, 2.45) is 5.10 Å². The number of hydrogen-bond acceptors (Lipinski definition) is 6. The third-order valence-corrected chi connectivity index (χ3v) is 6.84. The molecule has 3 aromatic carbocycles. The topological polar surface area (TPSA) is 125 Å². The third kappa shape index (κ3) is 3.63. The summed E-state index contributed by atoms with van der Waals surface area (Å²) >= 11 is 6.77. The lowest BCUT2D eigenvalue weighted by molar-refractivity contribution is 0.0616. The van der Waals surface area contributed by atoms with E-state index in [-0.39, 0.29) is 11.1 Å². The Labute approximate surface area is 213 Å². The van der Waals surface area contributed by atoms with E-state index in [1.165, 1.54) is 0 Å². The molecule has 0 radical (unpaired) electrons. The molecule has 174 valence electrons. The van der Waals surface area contributed by atoms with Crippen molar-refractivity contribution in [1.82, 2.24) is 14.6 Å². The van der Waals surface area contributed by atoms with Crippen LogP contribution in [0.15, 0.2) is 72.2 Å². The van der Waals surface area contributed by atoms with Gasteiger partial charge in [-0.15, -0.1) is 0 Å². The lowest BCUT2D eigenvalue weighted by Crippen LogP contribution is -2.37. The van der Waals surface area contributed by atoms with Crippen LogP contribution in [-0.2, 0) is 0 Å². The number of nitrogens with one attached hydrogen (secondary N) is 1. The molecule has 0 unspecified atom stereocenters. The quantitative estimate of drug-likeness (QED) is 0.274. The van der Waals surface area contributed by atoms with E-state index in [1.54, 1.807) is 55.5 Å². The van der Waals surface area contributed by atoms with E-state index in [4.69, 9.17) is 0 Å². The van der Waals surface area contributed by atoms with E-state index in [0.717, 1.165) is 19.7 Å². The molecule has 0 saturated heterocycles. The van der Waals surface area contributed by atoms with Crippen LogP contribution in [0.4, 0.5) is 0 Å². The molecular weight excluding hydrogens is 584 g/mol. The number of aryl methyl sites for hydroxylation is 1. The summed E-state index contributed by atoms with van der Waals surface area (Å²) < 4.78 is 2.41. The van der Waals surface area contributed by atoms with Crippen molar-refractivity contribution < 1.29 is 14.7 Å². The highest BCUT2D eigenvalue weighted by molar-refractivity contribution is 9.11. The highest BCUT2D eigenvalue weighted by atomic mass is 79.9. The van der Waals surface area contributed by atoms with E-state index in [2.05, 4.69) is 41.9 Å². The Balaban J connectivity index is 1.62. The third-order valence-electron chi connectivity index (χ3n) is 5.66. The first-order valence-corrected chi connectivity index (χ1v) is 11.8. The average Bonchev–Trinajstić information content (AvgIpc) is 2.81. The van der Waals surface area contributed by atoms with Gasteiger partial charge in [-0.3, -0.25) is 19.4 Å². The molecule has 1 aromatic heterocycles. The van der Waals surface area contributed by atoms with E-state index in [1.807, 2.05) is 0 Å². The highest BCUT2D eigenvalue weighted by Crippen LogP contribution is 2.34. The van der Waals surface area contributed by atoms with Gasteiger partial charge in [0, 0.05) is 14.3 Å². The van der Waals surface area contributed by atoms with Crippen molar-refractivity contribution in [2.75, 3.05) is 0 Å². The number of nitrogens with zero attached hydrogens (tertiary/aromatic N) is 3. The SMILES string of the molecule is Cc1cc(Br)ccc1-n1c(O)c(/C=N/N2C(=O)c3cccc4c(Br)ccc(c34)C2=O)c(=O)[nH]c1=O. The standard InChI is InChI=1S/C24H14Br2N4O5/c1-11-9-12(25)5-8-18(11)29-21(32)16(20(31)28-24(29)35)10-27-30-22(33)14-4-2-3-13-17(26)7-6-15(19(13)14)23(30)34/h2-10,32H,1H3,(H,28,31,35)/b27-10+. The van der Waals surface area contributed by atoms with Crippen LogP contribution in [0.2, 0.25) is 0 Å². The zero-order valence-electron chi connectivity index (χ0n) is 17.9. The van der Waals surface area contributed by atoms with Crippen LogP contribution in [0.3, 0.4) is 0 Å². The molecule has 2 amide bonds. The van der Waals surface area contributed by atoms with Crippen molar-refractivity contribution in [3.63, 3.8) is 0 Å². The molecule has 0 fully saturated rings. The van der Waals surface area contributed by atoms with Gasteiger partial charge in [-0.1, -0.05) is 44.0 Å². The van der Waals surface area contributed by atoms with Gasteiger partial charge in [0.15, 0.2) is 0 Å². The lowest BCUT2D eigenvalue weighted by Gasteiger charge is -2.23. The summed E-state index contributed by atoms with van der Waals surface area (Å²) in [6, 6.07) is 13.3. The fourth-order valence-electron chi connectivity index (χ4n) is 4.02. The number of rotatable bonds is 3. The Morgan fingerprint density at radius 2 is 1.69 bits per heavy atom. The van der Waals surface area contributed by atoms with Gasteiger partial charge in [0.25, 0.3) is 17.4 Å². The minimum Gasteiger partial charge on any atom is -0.493 e. The number of aromatic amines is 1. The second-order valence-electron chi connectivity index (χ2n) is 7.75. The summed E-state index contributed by atoms with van der Waals surface area (Å²) in [5.41, 5.74) is -0.667. The number of halogens is 2. The van der Waals surface area contributed by atoms with Gasteiger partial charge in [0.2, 0.25) is 5.88 Å². The molecule has 5 rings (SSSR count). The van der Waals surface area contributed by atoms with Gasteiger partial charge in [-0.2, -0.15) is 10.1 Å². The summed E-state index contributed by atoms with van der Waals surface area (Å²) in [5.74, 6) is -2.05. The molecule has 2 heterocycles. The fraction of sp³-hybridized carbons (Fsp3) is 0.0417. The first-order valence-electron chi connectivity index (χ1n) is 10.2. The van der Waals surface area contributed by atoms with E-state index in [9.17, 15) is 24.3 Å². The van der Waals surface area contributed by atoms with Crippen molar-refractivity contribution in [3.05, 3.63) is 101 Å². The molecule has 2 N–H and O–H groups in total. The Morgan fingerprint density at radius 3 is 2.40 bits per heavy atom. The van der Waals surface area contributed by atoms with Crippen LogP contribution < -0.4 is 11.2 Å². The molecule has 0 atom stereocenters. The van der Waals surface area contributed by atoms with Gasteiger partial charge in [-0.05, 0) is 54.3 Å². The van der Waals surface area contributed by atoms with Crippen LogP contribution >= 0.6 is 31.9 Å². The Bertz CT molecular complexity index is 1720. The van der Waals surface area contributed by atoms with E-state index in [0.29, 0.717) is 27.0 Å². The number of hydrogen-bond donors (Lipinski definition) is 2. The van der Waals surface area contributed by atoms with Gasteiger partial charge in [0.05, 0.1) is 23.0 Å². The summed E-state index contributed by atoms with van der Waals surface area (Å²) in [6.45, 7) is 1.73. The number of imide groups is 1. The summed E-state index contributed by atoms with van der Waals surface area (Å²) in [7, 11) is 0. The number of hydrazone groups is 1. The monoisotopic (exact) mass is 596 g/mol. The normalized spacial score (nSPS) is 13.3.